The van der Waals surface area contributed by atoms with Gasteiger partial charge in [0.1, 0.15) is 0 Å². The van der Waals surface area contributed by atoms with Crippen molar-refractivity contribution in [1.82, 2.24) is 5.32 Å². The summed E-state index contributed by atoms with van der Waals surface area (Å²) in [4.78, 5) is 0. The van der Waals surface area contributed by atoms with Crippen molar-refractivity contribution in [2.75, 3.05) is 19.7 Å². The molecule has 0 aromatic heterocycles. The summed E-state index contributed by atoms with van der Waals surface area (Å²) in [5.74, 6) is 0. The van der Waals surface area contributed by atoms with Crippen LogP contribution in [0.1, 0.15) is 52.4 Å². The smallest absolute Gasteiger partial charge is 0.0766 e. The van der Waals surface area contributed by atoms with E-state index in [4.69, 9.17) is 4.74 Å². The van der Waals surface area contributed by atoms with Crippen LogP contribution < -0.4 is 5.32 Å². The Balaban J connectivity index is 1.98. The van der Waals surface area contributed by atoms with Crippen molar-refractivity contribution in [2.24, 2.45) is 0 Å². The van der Waals surface area contributed by atoms with Crippen molar-refractivity contribution in [1.29, 1.82) is 0 Å². The standard InChI is InChI=1S/C13H27NO2/c1-3-13(15,4-2)11-14-9-5-7-12-8-6-10-16-12/h12,14-15H,3-11H2,1-2H3. The molecule has 1 heterocycles. The van der Waals surface area contributed by atoms with E-state index >= 15 is 0 Å². The molecule has 0 aromatic rings. The summed E-state index contributed by atoms with van der Waals surface area (Å²) < 4.78 is 5.57. The first kappa shape index (κ1) is 13.9. The fourth-order valence-corrected chi connectivity index (χ4v) is 2.15. The Labute approximate surface area is 99.6 Å². The Bertz CT molecular complexity index is 175. The lowest BCUT2D eigenvalue weighted by atomic mass is 9.97. The van der Waals surface area contributed by atoms with E-state index in [0.717, 1.165) is 38.8 Å². The Morgan fingerprint density at radius 3 is 2.69 bits per heavy atom. The minimum absolute atomic E-state index is 0.498. The highest BCUT2D eigenvalue weighted by Crippen LogP contribution is 2.16. The van der Waals surface area contributed by atoms with Crippen LogP contribution in [0.4, 0.5) is 0 Å². The Kier molecular flexibility index (Phi) is 6.32. The molecule has 3 heteroatoms. The van der Waals surface area contributed by atoms with E-state index in [0.29, 0.717) is 12.6 Å². The minimum Gasteiger partial charge on any atom is -0.389 e. The van der Waals surface area contributed by atoms with Crippen LogP contribution in [0.15, 0.2) is 0 Å². The van der Waals surface area contributed by atoms with Gasteiger partial charge in [-0.1, -0.05) is 13.8 Å². The number of nitrogens with one attached hydrogen (secondary N) is 1. The van der Waals surface area contributed by atoms with E-state index in [-0.39, 0.29) is 0 Å². The summed E-state index contributed by atoms with van der Waals surface area (Å²) in [5.41, 5.74) is -0.510. The third-order valence-electron chi connectivity index (χ3n) is 3.67. The minimum atomic E-state index is -0.510. The molecule has 0 aliphatic carbocycles. The molecule has 0 aromatic carbocycles. The van der Waals surface area contributed by atoms with Gasteiger partial charge < -0.3 is 15.2 Å². The van der Waals surface area contributed by atoms with Gasteiger partial charge in [-0.15, -0.1) is 0 Å². The second kappa shape index (κ2) is 7.25. The van der Waals surface area contributed by atoms with Gasteiger partial charge in [0, 0.05) is 13.2 Å². The number of rotatable bonds is 8. The van der Waals surface area contributed by atoms with Crippen LogP contribution in [0.2, 0.25) is 0 Å². The van der Waals surface area contributed by atoms with Gasteiger partial charge >= 0.3 is 0 Å². The van der Waals surface area contributed by atoms with Crippen molar-refractivity contribution in [3.05, 3.63) is 0 Å². The molecule has 16 heavy (non-hydrogen) atoms. The Morgan fingerprint density at radius 1 is 1.38 bits per heavy atom. The van der Waals surface area contributed by atoms with Crippen molar-refractivity contribution >= 4 is 0 Å². The molecule has 0 amide bonds. The van der Waals surface area contributed by atoms with Gasteiger partial charge in [-0.3, -0.25) is 0 Å². The van der Waals surface area contributed by atoms with Crippen LogP contribution in [0.5, 0.6) is 0 Å². The van der Waals surface area contributed by atoms with Crippen LogP contribution >= 0.6 is 0 Å². The summed E-state index contributed by atoms with van der Waals surface area (Å²) in [5, 5.41) is 13.4. The second-order valence-corrected chi connectivity index (χ2v) is 4.89. The molecule has 96 valence electrons. The van der Waals surface area contributed by atoms with Gasteiger partial charge in [0.05, 0.1) is 11.7 Å². The summed E-state index contributed by atoms with van der Waals surface area (Å²) in [6.45, 7) is 6.73. The highest BCUT2D eigenvalue weighted by Gasteiger charge is 2.21. The van der Waals surface area contributed by atoms with E-state index in [9.17, 15) is 5.11 Å². The molecule has 0 spiro atoms. The van der Waals surface area contributed by atoms with Crippen LogP contribution in [0.3, 0.4) is 0 Å². The largest absolute Gasteiger partial charge is 0.389 e. The fourth-order valence-electron chi connectivity index (χ4n) is 2.15. The molecule has 3 nitrogen and oxygen atoms in total. The van der Waals surface area contributed by atoms with Gasteiger partial charge in [0.25, 0.3) is 0 Å². The lowest BCUT2D eigenvalue weighted by Crippen LogP contribution is -2.39. The Hall–Kier alpha value is -0.120. The molecular weight excluding hydrogens is 202 g/mol. The predicted molar refractivity (Wildman–Crippen MR) is 66.6 cm³/mol. The average molecular weight is 229 g/mol. The molecule has 1 aliphatic heterocycles. The zero-order chi connectivity index (χ0) is 11.9. The summed E-state index contributed by atoms with van der Waals surface area (Å²) >= 11 is 0. The quantitative estimate of drug-likeness (QED) is 0.626. The molecule has 1 atom stereocenters. The maximum atomic E-state index is 10.1. The van der Waals surface area contributed by atoms with Crippen molar-refractivity contribution < 1.29 is 9.84 Å². The van der Waals surface area contributed by atoms with E-state index in [1.165, 1.54) is 12.8 Å². The zero-order valence-corrected chi connectivity index (χ0v) is 10.8. The maximum absolute atomic E-state index is 10.1. The molecule has 1 rings (SSSR count). The lowest BCUT2D eigenvalue weighted by molar-refractivity contribution is 0.0323. The molecule has 1 saturated heterocycles. The van der Waals surface area contributed by atoms with Crippen LogP contribution in [0.25, 0.3) is 0 Å². The Morgan fingerprint density at radius 2 is 2.12 bits per heavy atom. The zero-order valence-electron chi connectivity index (χ0n) is 10.8. The SMILES string of the molecule is CCC(O)(CC)CNCCCC1CCCO1. The highest BCUT2D eigenvalue weighted by atomic mass is 16.5. The van der Waals surface area contributed by atoms with Gasteiger partial charge in [-0.25, -0.2) is 0 Å². The number of aliphatic hydroxyl groups is 1. The number of hydrogen-bond donors (Lipinski definition) is 2. The van der Waals surface area contributed by atoms with Gasteiger partial charge in [0.15, 0.2) is 0 Å². The van der Waals surface area contributed by atoms with E-state index < -0.39 is 5.60 Å². The predicted octanol–water partition coefficient (Wildman–Crippen LogP) is 2.09. The van der Waals surface area contributed by atoms with E-state index in [1.54, 1.807) is 0 Å². The molecular formula is C13H27NO2. The first-order valence-corrected chi connectivity index (χ1v) is 6.75. The third kappa shape index (κ3) is 4.81. The van der Waals surface area contributed by atoms with Gasteiger partial charge in [-0.2, -0.15) is 0 Å². The fraction of sp³-hybridized carbons (Fsp3) is 1.00. The molecule has 1 fully saturated rings. The van der Waals surface area contributed by atoms with Gasteiger partial charge in [0.2, 0.25) is 0 Å². The maximum Gasteiger partial charge on any atom is 0.0766 e. The highest BCUT2D eigenvalue weighted by molar-refractivity contribution is 4.77. The third-order valence-corrected chi connectivity index (χ3v) is 3.67. The number of ether oxygens (including phenoxy) is 1. The second-order valence-electron chi connectivity index (χ2n) is 4.89. The summed E-state index contributed by atoms with van der Waals surface area (Å²) in [7, 11) is 0. The molecule has 0 bridgehead atoms. The molecule has 1 aliphatic rings. The molecule has 2 N–H and O–H groups in total. The molecule has 1 unspecified atom stereocenters. The van der Waals surface area contributed by atoms with Crippen molar-refractivity contribution in [3.8, 4) is 0 Å². The topological polar surface area (TPSA) is 41.5 Å². The van der Waals surface area contributed by atoms with Gasteiger partial charge in [-0.05, 0) is 45.1 Å². The molecule has 0 radical (unpaired) electrons. The molecule has 0 saturated carbocycles. The normalized spacial score (nSPS) is 21.6. The summed E-state index contributed by atoms with van der Waals surface area (Å²) in [6, 6.07) is 0. The van der Waals surface area contributed by atoms with Crippen LogP contribution in [-0.4, -0.2) is 36.5 Å². The number of hydrogen-bond acceptors (Lipinski definition) is 3. The van der Waals surface area contributed by atoms with Crippen molar-refractivity contribution in [3.63, 3.8) is 0 Å². The van der Waals surface area contributed by atoms with E-state index in [2.05, 4.69) is 5.32 Å². The van der Waals surface area contributed by atoms with E-state index in [1.807, 2.05) is 13.8 Å². The lowest BCUT2D eigenvalue weighted by Gasteiger charge is -2.25. The summed E-state index contributed by atoms with van der Waals surface area (Å²) in [6.07, 6.45) is 6.90. The monoisotopic (exact) mass is 229 g/mol. The first-order chi connectivity index (χ1) is 7.70. The van der Waals surface area contributed by atoms with Crippen LogP contribution in [-0.2, 0) is 4.74 Å². The van der Waals surface area contributed by atoms with Crippen LogP contribution in [0, 0.1) is 0 Å². The first-order valence-electron chi connectivity index (χ1n) is 6.75. The van der Waals surface area contributed by atoms with Crippen molar-refractivity contribution in [2.45, 2.75) is 64.1 Å². The average Bonchev–Trinajstić information content (AvgIpc) is 2.81.